The number of imide groups is 1. The Morgan fingerprint density at radius 2 is 1.79 bits per heavy atom. The predicted octanol–water partition coefficient (Wildman–Crippen LogP) is 0.722. The zero-order valence-corrected chi connectivity index (χ0v) is 13.8. The van der Waals surface area contributed by atoms with Gasteiger partial charge in [-0.15, -0.1) is 0 Å². The number of methoxy groups -OCH3 is 1. The average Bonchev–Trinajstić information content (AvgIpc) is 2.88. The van der Waals surface area contributed by atoms with Crippen molar-refractivity contribution in [1.29, 1.82) is 0 Å². The van der Waals surface area contributed by atoms with Crippen LogP contribution in [0.5, 0.6) is 0 Å². The molecule has 2 fully saturated rings. The van der Waals surface area contributed by atoms with E-state index in [9.17, 15) is 14.0 Å². The molecule has 0 N–H and O–H groups in total. The number of hydrogen-bond acceptors (Lipinski definition) is 5. The van der Waals surface area contributed by atoms with Gasteiger partial charge in [-0.25, -0.2) is 4.39 Å². The first kappa shape index (κ1) is 16.9. The largest absolute Gasteiger partial charge is 0.383 e. The molecule has 1 aromatic carbocycles. The molecule has 2 saturated heterocycles. The van der Waals surface area contributed by atoms with E-state index in [0.717, 1.165) is 18.8 Å². The van der Waals surface area contributed by atoms with Gasteiger partial charge < -0.3 is 9.64 Å². The molecule has 0 spiro atoms. The summed E-state index contributed by atoms with van der Waals surface area (Å²) in [6.45, 7) is 3.60. The van der Waals surface area contributed by atoms with E-state index in [1.165, 1.54) is 17.0 Å². The maximum atomic E-state index is 13.0. The van der Waals surface area contributed by atoms with Crippen LogP contribution in [-0.2, 0) is 14.3 Å². The van der Waals surface area contributed by atoms with Gasteiger partial charge in [-0.05, 0) is 24.3 Å². The molecule has 2 aliphatic rings. The van der Waals surface area contributed by atoms with Gasteiger partial charge in [-0.2, -0.15) is 0 Å². The lowest BCUT2D eigenvalue weighted by Gasteiger charge is -2.38. The number of likely N-dealkylation sites (tertiary alicyclic amines) is 1. The van der Waals surface area contributed by atoms with Crippen LogP contribution in [0, 0.1) is 5.82 Å². The number of benzene rings is 1. The molecule has 2 aliphatic heterocycles. The summed E-state index contributed by atoms with van der Waals surface area (Å²) in [6.07, 6.45) is 0.249. The zero-order chi connectivity index (χ0) is 17.1. The fourth-order valence-corrected chi connectivity index (χ4v) is 3.31. The first-order chi connectivity index (χ1) is 11.6. The Labute approximate surface area is 140 Å². The second-order valence-corrected chi connectivity index (χ2v) is 6.10. The second kappa shape index (κ2) is 7.27. The number of piperazine rings is 1. The second-order valence-electron chi connectivity index (χ2n) is 6.10. The zero-order valence-electron chi connectivity index (χ0n) is 13.8. The quantitative estimate of drug-likeness (QED) is 0.742. The van der Waals surface area contributed by atoms with Crippen LogP contribution in [0.25, 0.3) is 0 Å². The summed E-state index contributed by atoms with van der Waals surface area (Å²) in [6, 6.07) is 6.08. The Morgan fingerprint density at radius 3 is 2.42 bits per heavy atom. The van der Waals surface area contributed by atoms with E-state index in [-0.39, 0.29) is 30.1 Å². The maximum Gasteiger partial charge on any atom is 0.247 e. The van der Waals surface area contributed by atoms with Crippen molar-refractivity contribution in [3.63, 3.8) is 0 Å². The van der Waals surface area contributed by atoms with Crippen LogP contribution >= 0.6 is 0 Å². The molecule has 0 radical (unpaired) electrons. The standard InChI is InChI=1S/C17H22FN3O3/c1-24-11-10-21-16(22)12-15(17(21)23)20-8-6-19(7-9-20)14-4-2-13(18)3-5-14/h2-5,15H,6-12H2,1H3/t15-/m0/s1. The number of halogens is 1. The average molecular weight is 335 g/mol. The van der Waals surface area contributed by atoms with Gasteiger partial charge in [0.25, 0.3) is 0 Å². The molecule has 1 atom stereocenters. The fourth-order valence-electron chi connectivity index (χ4n) is 3.31. The lowest BCUT2D eigenvalue weighted by molar-refractivity contribution is -0.140. The lowest BCUT2D eigenvalue weighted by atomic mass is 10.1. The first-order valence-corrected chi connectivity index (χ1v) is 8.18. The Kier molecular flexibility index (Phi) is 5.11. The van der Waals surface area contributed by atoms with E-state index in [4.69, 9.17) is 4.74 Å². The summed E-state index contributed by atoms with van der Waals surface area (Å²) in [7, 11) is 1.55. The lowest BCUT2D eigenvalue weighted by Crippen LogP contribution is -2.52. The van der Waals surface area contributed by atoms with Crippen molar-refractivity contribution in [3.05, 3.63) is 30.1 Å². The monoisotopic (exact) mass is 335 g/mol. The SMILES string of the molecule is COCCN1C(=O)C[C@H](N2CCN(c3ccc(F)cc3)CC2)C1=O. The van der Waals surface area contributed by atoms with Gasteiger partial charge in [-0.1, -0.05) is 0 Å². The number of hydrogen-bond donors (Lipinski definition) is 0. The summed E-state index contributed by atoms with van der Waals surface area (Å²) in [5.41, 5.74) is 0.978. The van der Waals surface area contributed by atoms with Crippen molar-refractivity contribution >= 4 is 17.5 Å². The topological polar surface area (TPSA) is 53.1 Å². The molecule has 24 heavy (non-hydrogen) atoms. The van der Waals surface area contributed by atoms with Crippen molar-refractivity contribution in [2.45, 2.75) is 12.5 Å². The summed E-state index contributed by atoms with van der Waals surface area (Å²) < 4.78 is 18.0. The third-order valence-corrected chi connectivity index (χ3v) is 4.69. The molecular formula is C17H22FN3O3. The van der Waals surface area contributed by atoms with Gasteiger partial charge in [-0.3, -0.25) is 19.4 Å². The summed E-state index contributed by atoms with van der Waals surface area (Å²) in [5, 5.41) is 0. The number of carbonyl (C=O) groups is 2. The first-order valence-electron chi connectivity index (χ1n) is 8.18. The van der Waals surface area contributed by atoms with Crippen molar-refractivity contribution in [2.24, 2.45) is 0 Å². The Hall–Kier alpha value is -1.99. The molecule has 6 nitrogen and oxygen atoms in total. The van der Waals surface area contributed by atoms with Gasteiger partial charge in [0, 0.05) is 39.0 Å². The summed E-state index contributed by atoms with van der Waals surface area (Å²) >= 11 is 0. The molecule has 7 heteroatoms. The van der Waals surface area contributed by atoms with Gasteiger partial charge >= 0.3 is 0 Å². The maximum absolute atomic E-state index is 13.0. The van der Waals surface area contributed by atoms with E-state index in [0.29, 0.717) is 26.2 Å². The number of nitrogens with zero attached hydrogens (tertiary/aromatic N) is 3. The van der Waals surface area contributed by atoms with Crippen molar-refractivity contribution < 1.29 is 18.7 Å². The highest BCUT2D eigenvalue weighted by atomic mass is 19.1. The number of anilines is 1. The highest BCUT2D eigenvalue weighted by Crippen LogP contribution is 2.22. The van der Waals surface area contributed by atoms with E-state index >= 15 is 0 Å². The minimum Gasteiger partial charge on any atom is -0.383 e. The van der Waals surface area contributed by atoms with Crippen LogP contribution < -0.4 is 4.90 Å². The third kappa shape index (κ3) is 3.42. The third-order valence-electron chi connectivity index (χ3n) is 4.69. The van der Waals surface area contributed by atoms with Crippen LogP contribution in [0.15, 0.2) is 24.3 Å². The van der Waals surface area contributed by atoms with Gasteiger partial charge in [0.2, 0.25) is 11.8 Å². The molecule has 0 saturated carbocycles. The fraction of sp³-hybridized carbons (Fsp3) is 0.529. The van der Waals surface area contributed by atoms with Crippen LogP contribution in [0.4, 0.5) is 10.1 Å². The predicted molar refractivity (Wildman–Crippen MR) is 87.2 cm³/mol. The van der Waals surface area contributed by atoms with Crippen LogP contribution in [0.3, 0.4) is 0 Å². The Balaban J connectivity index is 1.57. The minimum absolute atomic E-state index is 0.118. The van der Waals surface area contributed by atoms with Gasteiger partial charge in [0.05, 0.1) is 25.6 Å². The molecule has 1 aromatic rings. The summed E-state index contributed by atoms with van der Waals surface area (Å²) in [4.78, 5) is 30.0. The van der Waals surface area contributed by atoms with Gasteiger partial charge in [0.1, 0.15) is 5.82 Å². The van der Waals surface area contributed by atoms with Crippen LogP contribution in [-0.4, -0.2) is 74.1 Å². The number of amides is 2. The molecular weight excluding hydrogens is 313 g/mol. The van der Waals surface area contributed by atoms with Crippen LogP contribution in [0.1, 0.15) is 6.42 Å². The normalized spacial score (nSPS) is 22.5. The Bertz CT molecular complexity index is 600. The molecule has 0 aliphatic carbocycles. The van der Waals surface area contributed by atoms with Gasteiger partial charge in [0.15, 0.2) is 0 Å². The molecule has 130 valence electrons. The smallest absolute Gasteiger partial charge is 0.247 e. The van der Waals surface area contributed by atoms with Crippen molar-refractivity contribution in [2.75, 3.05) is 51.3 Å². The van der Waals surface area contributed by atoms with E-state index in [1.807, 2.05) is 0 Å². The highest BCUT2D eigenvalue weighted by molar-refractivity contribution is 6.05. The van der Waals surface area contributed by atoms with E-state index < -0.39 is 0 Å². The molecule has 0 unspecified atom stereocenters. The van der Waals surface area contributed by atoms with Crippen molar-refractivity contribution in [1.82, 2.24) is 9.80 Å². The summed E-state index contributed by atoms with van der Waals surface area (Å²) in [5.74, 6) is -0.487. The molecule has 0 bridgehead atoms. The molecule has 0 aromatic heterocycles. The van der Waals surface area contributed by atoms with Crippen molar-refractivity contribution in [3.8, 4) is 0 Å². The molecule has 2 amide bonds. The van der Waals surface area contributed by atoms with Crippen LogP contribution in [0.2, 0.25) is 0 Å². The number of ether oxygens (including phenoxy) is 1. The minimum atomic E-state index is -0.357. The Morgan fingerprint density at radius 1 is 1.12 bits per heavy atom. The molecule has 2 heterocycles. The highest BCUT2D eigenvalue weighted by Gasteiger charge is 2.42. The molecule has 3 rings (SSSR count). The van der Waals surface area contributed by atoms with E-state index in [2.05, 4.69) is 9.80 Å². The number of rotatable bonds is 5. The van der Waals surface area contributed by atoms with E-state index in [1.54, 1.807) is 19.2 Å². The number of carbonyl (C=O) groups excluding carboxylic acids is 2.